The van der Waals surface area contributed by atoms with Crippen molar-refractivity contribution < 1.29 is 18.7 Å². The van der Waals surface area contributed by atoms with Crippen LogP contribution in [0.25, 0.3) is 0 Å². The lowest BCUT2D eigenvalue weighted by atomic mass is 10.2. The Labute approximate surface area is 151 Å². The third-order valence-corrected chi connectivity index (χ3v) is 3.68. The summed E-state index contributed by atoms with van der Waals surface area (Å²) < 4.78 is 16.1. The molecule has 0 saturated carbocycles. The molecule has 3 rings (SSSR count). The zero-order valence-electron chi connectivity index (χ0n) is 14.5. The molecule has 0 unspecified atom stereocenters. The lowest BCUT2D eigenvalue weighted by Crippen LogP contribution is -2.22. The van der Waals surface area contributed by atoms with Crippen molar-refractivity contribution in [2.75, 3.05) is 7.11 Å². The molecule has 1 N–H and O–H groups in total. The maximum Gasteiger partial charge on any atom is 0.287 e. The van der Waals surface area contributed by atoms with Crippen LogP contribution in [0, 0.1) is 0 Å². The molecule has 0 spiro atoms. The number of carbonyl (C=O) groups excluding carboxylic acids is 1. The highest BCUT2D eigenvalue weighted by Gasteiger charge is 2.10. The van der Waals surface area contributed by atoms with Crippen LogP contribution in [0.3, 0.4) is 0 Å². The molecule has 2 heterocycles. The van der Waals surface area contributed by atoms with E-state index in [1.165, 1.54) is 0 Å². The number of nitrogens with one attached hydrogen (secondary N) is 1. The first kappa shape index (κ1) is 17.7. The van der Waals surface area contributed by atoms with E-state index in [2.05, 4.69) is 10.3 Å². The number of rotatable bonds is 8. The van der Waals surface area contributed by atoms with Crippen molar-refractivity contribution in [1.82, 2.24) is 10.3 Å². The monoisotopic (exact) mass is 352 g/mol. The second kappa shape index (κ2) is 8.82. The van der Waals surface area contributed by atoms with Crippen molar-refractivity contribution >= 4 is 5.91 Å². The second-order valence-corrected chi connectivity index (χ2v) is 5.68. The van der Waals surface area contributed by atoms with Gasteiger partial charge in [-0.05, 0) is 35.9 Å². The first-order valence-corrected chi connectivity index (χ1v) is 8.21. The quantitative estimate of drug-likeness (QED) is 0.673. The molecule has 0 aliphatic heterocycles. The van der Waals surface area contributed by atoms with Gasteiger partial charge in [0.15, 0.2) is 5.76 Å². The van der Waals surface area contributed by atoms with Crippen molar-refractivity contribution in [3.05, 3.63) is 83.6 Å². The average molecular weight is 352 g/mol. The Bertz CT molecular complexity index is 829. The fraction of sp³-hybridized carbons (Fsp3) is 0.200. The highest BCUT2D eigenvalue weighted by Crippen LogP contribution is 2.14. The van der Waals surface area contributed by atoms with Crippen LogP contribution in [-0.2, 0) is 24.5 Å². The molecule has 1 aromatic carbocycles. The van der Waals surface area contributed by atoms with Gasteiger partial charge in [0.2, 0.25) is 0 Å². The Kier molecular flexibility index (Phi) is 6.01. The number of aromatic nitrogens is 1. The average Bonchev–Trinajstić information content (AvgIpc) is 3.15. The molecule has 134 valence electrons. The first-order valence-electron chi connectivity index (χ1n) is 8.21. The molecule has 0 saturated heterocycles. The van der Waals surface area contributed by atoms with E-state index in [1.807, 2.05) is 36.4 Å². The van der Waals surface area contributed by atoms with Crippen LogP contribution < -0.4 is 10.1 Å². The van der Waals surface area contributed by atoms with Crippen molar-refractivity contribution in [3.63, 3.8) is 0 Å². The summed E-state index contributed by atoms with van der Waals surface area (Å²) in [4.78, 5) is 16.1. The molecule has 1 amide bonds. The SMILES string of the molecule is COCc1ccc(C(=O)NCc2ccc(OCc3cccnc3)cc2)o1. The summed E-state index contributed by atoms with van der Waals surface area (Å²) in [6, 6.07) is 14.8. The summed E-state index contributed by atoms with van der Waals surface area (Å²) in [6.07, 6.45) is 3.50. The Morgan fingerprint density at radius 3 is 2.65 bits per heavy atom. The van der Waals surface area contributed by atoms with E-state index in [9.17, 15) is 4.79 Å². The largest absolute Gasteiger partial charge is 0.489 e. The number of carbonyl (C=O) groups is 1. The van der Waals surface area contributed by atoms with Crippen molar-refractivity contribution in [3.8, 4) is 5.75 Å². The summed E-state index contributed by atoms with van der Waals surface area (Å²) in [5.74, 6) is 1.39. The summed E-state index contributed by atoms with van der Waals surface area (Å²) in [5, 5.41) is 2.83. The predicted octanol–water partition coefficient (Wildman–Crippen LogP) is 3.33. The molecular weight excluding hydrogens is 332 g/mol. The summed E-state index contributed by atoms with van der Waals surface area (Å²) in [6.45, 7) is 1.21. The van der Waals surface area contributed by atoms with Crippen molar-refractivity contribution in [2.45, 2.75) is 19.8 Å². The van der Waals surface area contributed by atoms with Crippen molar-refractivity contribution in [2.24, 2.45) is 0 Å². The summed E-state index contributed by atoms with van der Waals surface area (Å²) >= 11 is 0. The molecule has 0 aliphatic rings. The Morgan fingerprint density at radius 1 is 1.08 bits per heavy atom. The van der Waals surface area contributed by atoms with Gasteiger partial charge in [-0.15, -0.1) is 0 Å². The van der Waals surface area contributed by atoms with Gasteiger partial charge in [0, 0.05) is 31.6 Å². The molecule has 0 atom stereocenters. The molecule has 0 radical (unpaired) electrons. The Balaban J connectivity index is 1.48. The topological polar surface area (TPSA) is 73.6 Å². The van der Waals surface area contributed by atoms with E-state index in [4.69, 9.17) is 13.9 Å². The van der Waals surface area contributed by atoms with Crippen LogP contribution >= 0.6 is 0 Å². The van der Waals surface area contributed by atoms with E-state index >= 15 is 0 Å². The zero-order chi connectivity index (χ0) is 18.2. The number of hydrogen-bond acceptors (Lipinski definition) is 5. The number of furan rings is 1. The number of pyridine rings is 1. The number of hydrogen-bond donors (Lipinski definition) is 1. The zero-order valence-corrected chi connectivity index (χ0v) is 14.5. The Morgan fingerprint density at radius 2 is 1.92 bits per heavy atom. The van der Waals surface area contributed by atoms with Gasteiger partial charge < -0.3 is 19.2 Å². The molecule has 0 aliphatic carbocycles. The number of benzene rings is 1. The maximum absolute atomic E-state index is 12.1. The smallest absolute Gasteiger partial charge is 0.287 e. The third kappa shape index (κ3) is 4.94. The molecule has 0 bridgehead atoms. The lowest BCUT2D eigenvalue weighted by molar-refractivity contribution is 0.0914. The van der Waals surface area contributed by atoms with Crippen molar-refractivity contribution in [1.29, 1.82) is 0 Å². The predicted molar refractivity (Wildman–Crippen MR) is 95.6 cm³/mol. The fourth-order valence-corrected chi connectivity index (χ4v) is 2.34. The van der Waals surface area contributed by atoms with Crippen LogP contribution in [0.4, 0.5) is 0 Å². The van der Waals surface area contributed by atoms with Crippen LogP contribution in [0.15, 0.2) is 65.3 Å². The number of nitrogens with zero attached hydrogens (tertiary/aromatic N) is 1. The lowest BCUT2D eigenvalue weighted by Gasteiger charge is -2.08. The van der Waals surface area contributed by atoms with Gasteiger partial charge in [-0.25, -0.2) is 0 Å². The van der Waals surface area contributed by atoms with Crippen LogP contribution in [-0.4, -0.2) is 18.0 Å². The maximum atomic E-state index is 12.1. The standard InChI is InChI=1S/C20H20N2O4/c1-24-14-18-8-9-19(26-18)20(23)22-12-15-4-6-17(7-5-15)25-13-16-3-2-10-21-11-16/h2-11H,12-14H2,1H3,(H,22,23). The van der Waals surface area contributed by atoms with E-state index < -0.39 is 0 Å². The molecule has 6 heteroatoms. The minimum Gasteiger partial charge on any atom is -0.489 e. The fourth-order valence-electron chi connectivity index (χ4n) is 2.34. The first-order chi connectivity index (χ1) is 12.7. The van der Waals surface area contributed by atoms with Gasteiger partial charge in [-0.1, -0.05) is 18.2 Å². The molecule has 26 heavy (non-hydrogen) atoms. The van der Waals surface area contributed by atoms with Gasteiger partial charge in [0.25, 0.3) is 5.91 Å². The molecule has 3 aromatic rings. The third-order valence-electron chi connectivity index (χ3n) is 3.68. The van der Waals surface area contributed by atoms with Gasteiger partial charge in [-0.3, -0.25) is 9.78 Å². The minimum atomic E-state index is -0.260. The molecule has 2 aromatic heterocycles. The highest BCUT2D eigenvalue weighted by molar-refractivity contribution is 5.91. The number of methoxy groups -OCH3 is 1. The molecular formula is C20H20N2O4. The normalized spacial score (nSPS) is 10.5. The molecule has 6 nitrogen and oxygen atoms in total. The summed E-state index contributed by atoms with van der Waals surface area (Å²) in [5.41, 5.74) is 1.98. The number of ether oxygens (including phenoxy) is 2. The van der Waals surface area contributed by atoms with Gasteiger partial charge in [0.05, 0.1) is 0 Å². The van der Waals surface area contributed by atoms with Crippen LogP contribution in [0.1, 0.15) is 27.4 Å². The van der Waals surface area contributed by atoms with Gasteiger partial charge in [0.1, 0.15) is 24.7 Å². The summed E-state index contributed by atoms with van der Waals surface area (Å²) in [7, 11) is 1.58. The van der Waals surface area contributed by atoms with E-state index in [1.54, 1.807) is 31.6 Å². The number of amides is 1. The van der Waals surface area contributed by atoms with E-state index in [-0.39, 0.29) is 11.7 Å². The Hall–Kier alpha value is -3.12. The van der Waals surface area contributed by atoms with Crippen LogP contribution in [0.5, 0.6) is 5.75 Å². The highest BCUT2D eigenvalue weighted by atomic mass is 16.5. The van der Waals surface area contributed by atoms with Gasteiger partial charge >= 0.3 is 0 Å². The minimum absolute atomic E-state index is 0.260. The van der Waals surface area contributed by atoms with E-state index in [0.29, 0.717) is 25.5 Å². The molecule has 0 fully saturated rings. The second-order valence-electron chi connectivity index (χ2n) is 5.68. The van der Waals surface area contributed by atoms with Gasteiger partial charge in [-0.2, -0.15) is 0 Å². The van der Waals surface area contributed by atoms with E-state index in [0.717, 1.165) is 16.9 Å². The van der Waals surface area contributed by atoms with Crippen LogP contribution in [0.2, 0.25) is 0 Å².